The fourth-order valence-electron chi connectivity index (χ4n) is 3.48. The van der Waals surface area contributed by atoms with Crippen LogP contribution in [0.25, 0.3) is 0 Å². The van der Waals surface area contributed by atoms with E-state index in [2.05, 4.69) is 0 Å². The SMILES string of the molecule is Cc1ccc(S(=O)(=O)N2CC[C@H](C(=O)O)[C@H]2c2ccc(F)cc2C)cc1. The van der Waals surface area contributed by atoms with Crippen molar-refractivity contribution in [1.82, 2.24) is 4.31 Å². The van der Waals surface area contributed by atoms with Gasteiger partial charge in [-0.1, -0.05) is 23.8 Å². The molecule has 2 aromatic rings. The molecule has 0 bridgehead atoms. The first-order chi connectivity index (χ1) is 12.2. The van der Waals surface area contributed by atoms with Crippen LogP contribution in [0, 0.1) is 25.6 Å². The van der Waals surface area contributed by atoms with Crippen molar-refractivity contribution in [3.8, 4) is 0 Å². The molecule has 2 atom stereocenters. The van der Waals surface area contributed by atoms with Crippen LogP contribution in [0.3, 0.4) is 0 Å². The lowest BCUT2D eigenvalue weighted by Gasteiger charge is -2.28. The Labute approximate surface area is 152 Å². The van der Waals surface area contributed by atoms with Gasteiger partial charge in [0.1, 0.15) is 5.82 Å². The van der Waals surface area contributed by atoms with Crippen LogP contribution in [0.2, 0.25) is 0 Å². The topological polar surface area (TPSA) is 74.7 Å². The van der Waals surface area contributed by atoms with Crippen molar-refractivity contribution in [2.24, 2.45) is 5.92 Å². The number of carbonyl (C=O) groups is 1. The highest BCUT2D eigenvalue weighted by atomic mass is 32.2. The average molecular weight is 377 g/mol. The minimum Gasteiger partial charge on any atom is -0.481 e. The Morgan fingerprint density at radius 3 is 2.38 bits per heavy atom. The summed E-state index contributed by atoms with van der Waals surface area (Å²) in [5.41, 5.74) is 1.99. The molecule has 0 radical (unpaired) electrons. The van der Waals surface area contributed by atoms with Crippen LogP contribution >= 0.6 is 0 Å². The summed E-state index contributed by atoms with van der Waals surface area (Å²) in [5, 5.41) is 9.59. The number of hydrogen-bond acceptors (Lipinski definition) is 3. The first-order valence-corrected chi connectivity index (χ1v) is 9.73. The maximum atomic E-state index is 13.5. The van der Waals surface area contributed by atoms with E-state index in [9.17, 15) is 22.7 Å². The summed E-state index contributed by atoms with van der Waals surface area (Å²) in [6.45, 7) is 3.62. The second kappa shape index (κ2) is 6.81. The van der Waals surface area contributed by atoms with Crippen LogP contribution in [0.5, 0.6) is 0 Å². The van der Waals surface area contributed by atoms with Crippen LogP contribution in [-0.2, 0) is 14.8 Å². The summed E-state index contributed by atoms with van der Waals surface area (Å²) >= 11 is 0. The molecule has 1 N–H and O–H groups in total. The van der Waals surface area contributed by atoms with Crippen LogP contribution < -0.4 is 0 Å². The molecule has 1 aliphatic rings. The minimum absolute atomic E-state index is 0.106. The van der Waals surface area contributed by atoms with Gasteiger partial charge >= 0.3 is 5.97 Å². The van der Waals surface area contributed by atoms with E-state index in [1.165, 1.54) is 34.6 Å². The maximum Gasteiger partial charge on any atom is 0.308 e. The monoisotopic (exact) mass is 377 g/mol. The van der Waals surface area contributed by atoms with Gasteiger partial charge in [0.25, 0.3) is 0 Å². The standard InChI is InChI=1S/C19H20FNO4S/c1-12-3-6-15(7-4-12)26(24,25)21-10-9-17(19(22)23)18(21)16-8-5-14(20)11-13(16)2/h3-8,11,17-18H,9-10H2,1-2H3,(H,22,23)/t17-,18+/m0/s1. The number of sulfonamides is 1. The largest absolute Gasteiger partial charge is 0.481 e. The molecule has 0 aromatic heterocycles. The number of carboxylic acid groups (broad SMARTS) is 1. The number of benzene rings is 2. The van der Waals surface area contributed by atoms with E-state index in [0.29, 0.717) is 11.1 Å². The highest BCUT2D eigenvalue weighted by molar-refractivity contribution is 7.89. The summed E-state index contributed by atoms with van der Waals surface area (Å²) in [5.74, 6) is -2.37. The van der Waals surface area contributed by atoms with Crippen molar-refractivity contribution in [2.75, 3.05) is 6.54 Å². The Morgan fingerprint density at radius 1 is 1.15 bits per heavy atom. The molecule has 1 heterocycles. The normalized spacial score (nSPS) is 21.0. The van der Waals surface area contributed by atoms with E-state index < -0.39 is 33.8 Å². The van der Waals surface area contributed by atoms with Gasteiger partial charge in [0.15, 0.2) is 0 Å². The average Bonchev–Trinajstić information content (AvgIpc) is 3.01. The summed E-state index contributed by atoms with van der Waals surface area (Å²) in [7, 11) is -3.87. The Kier molecular flexibility index (Phi) is 4.86. The van der Waals surface area contributed by atoms with E-state index >= 15 is 0 Å². The number of halogens is 1. The number of hydrogen-bond donors (Lipinski definition) is 1. The fourth-order valence-corrected chi connectivity index (χ4v) is 5.14. The quantitative estimate of drug-likeness (QED) is 0.887. The Morgan fingerprint density at radius 2 is 1.81 bits per heavy atom. The minimum atomic E-state index is -3.87. The van der Waals surface area contributed by atoms with Crippen molar-refractivity contribution in [3.63, 3.8) is 0 Å². The van der Waals surface area contributed by atoms with Gasteiger partial charge < -0.3 is 5.11 Å². The van der Waals surface area contributed by atoms with E-state index in [1.54, 1.807) is 19.1 Å². The van der Waals surface area contributed by atoms with E-state index in [-0.39, 0.29) is 17.9 Å². The molecule has 7 heteroatoms. The summed E-state index contributed by atoms with van der Waals surface area (Å²) in [6, 6.07) is 9.60. The van der Waals surface area contributed by atoms with Crippen molar-refractivity contribution < 1.29 is 22.7 Å². The lowest BCUT2D eigenvalue weighted by molar-refractivity contribution is -0.142. The summed E-state index contributed by atoms with van der Waals surface area (Å²) < 4.78 is 41.0. The molecule has 1 aliphatic heterocycles. The highest BCUT2D eigenvalue weighted by Gasteiger charge is 2.46. The molecule has 5 nitrogen and oxygen atoms in total. The molecule has 3 rings (SSSR count). The molecule has 0 amide bonds. The third kappa shape index (κ3) is 3.24. The lowest BCUT2D eigenvalue weighted by Crippen LogP contribution is -2.34. The van der Waals surface area contributed by atoms with Crippen molar-refractivity contribution >= 4 is 16.0 Å². The van der Waals surface area contributed by atoms with E-state index in [4.69, 9.17) is 0 Å². The number of nitrogens with zero attached hydrogens (tertiary/aromatic N) is 1. The molecule has 138 valence electrons. The third-order valence-corrected chi connectivity index (χ3v) is 6.74. The molecule has 0 saturated carbocycles. The molecule has 0 aliphatic carbocycles. The number of aliphatic carboxylic acids is 1. The van der Waals surface area contributed by atoms with Crippen molar-refractivity contribution in [1.29, 1.82) is 0 Å². The Hall–Kier alpha value is -2.25. The van der Waals surface area contributed by atoms with E-state index in [0.717, 1.165) is 5.56 Å². The van der Waals surface area contributed by atoms with Gasteiger partial charge in [0, 0.05) is 6.54 Å². The number of aryl methyl sites for hydroxylation is 2. The fraction of sp³-hybridized carbons (Fsp3) is 0.316. The van der Waals surface area contributed by atoms with Crippen molar-refractivity contribution in [3.05, 3.63) is 65.0 Å². The van der Waals surface area contributed by atoms with E-state index in [1.807, 2.05) is 6.92 Å². The summed E-state index contributed by atoms with van der Waals surface area (Å²) in [6.07, 6.45) is 0.210. The predicted molar refractivity (Wildman–Crippen MR) is 94.7 cm³/mol. The van der Waals surface area contributed by atoms with Gasteiger partial charge in [-0.3, -0.25) is 4.79 Å². The Bertz CT molecular complexity index is 941. The first kappa shape index (κ1) is 18.5. The number of rotatable bonds is 4. The molecule has 2 aromatic carbocycles. The lowest BCUT2D eigenvalue weighted by atomic mass is 9.91. The Balaban J connectivity index is 2.10. The second-order valence-electron chi connectivity index (χ2n) is 6.61. The van der Waals surface area contributed by atoms with Crippen molar-refractivity contribution in [2.45, 2.75) is 31.2 Å². The van der Waals surface area contributed by atoms with Gasteiger partial charge in [-0.15, -0.1) is 0 Å². The second-order valence-corrected chi connectivity index (χ2v) is 8.50. The smallest absolute Gasteiger partial charge is 0.308 e. The van der Waals surface area contributed by atoms with Gasteiger partial charge in [-0.25, -0.2) is 12.8 Å². The predicted octanol–water partition coefficient (Wildman–Crippen LogP) is 3.28. The molecular weight excluding hydrogens is 357 g/mol. The third-order valence-electron chi connectivity index (χ3n) is 4.85. The van der Waals surface area contributed by atoms with Gasteiger partial charge in [-0.05, 0) is 55.7 Å². The molecule has 0 unspecified atom stereocenters. The van der Waals surface area contributed by atoms with Gasteiger partial charge in [0.2, 0.25) is 10.0 Å². The van der Waals surface area contributed by atoms with Crippen LogP contribution in [0.1, 0.15) is 29.2 Å². The highest BCUT2D eigenvalue weighted by Crippen LogP contribution is 2.42. The zero-order valence-corrected chi connectivity index (χ0v) is 15.3. The molecular formula is C19H20FNO4S. The van der Waals surface area contributed by atoms with Gasteiger partial charge in [-0.2, -0.15) is 4.31 Å². The number of carboxylic acids is 1. The molecule has 1 fully saturated rings. The first-order valence-electron chi connectivity index (χ1n) is 8.29. The molecule has 1 saturated heterocycles. The zero-order chi connectivity index (χ0) is 19.1. The maximum absolute atomic E-state index is 13.5. The molecule has 0 spiro atoms. The van der Waals surface area contributed by atoms with Gasteiger partial charge in [0.05, 0.1) is 16.9 Å². The summed E-state index contributed by atoms with van der Waals surface area (Å²) in [4.78, 5) is 11.8. The van der Waals surface area contributed by atoms with Crippen LogP contribution in [-0.4, -0.2) is 30.3 Å². The van der Waals surface area contributed by atoms with Crippen LogP contribution in [0.4, 0.5) is 4.39 Å². The molecule has 26 heavy (non-hydrogen) atoms. The van der Waals surface area contributed by atoms with Crippen LogP contribution in [0.15, 0.2) is 47.4 Å². The zero-order valence-electron chi connectivity index (χ0n) is 14.5.